The van der Waals surface area contributed by atoms with Crippen LogP contribution in [0.15, 0.2) is 61.1 Å². The Balaban J connectivity index is 1.82. The molecule has 4 N–H and O–H groups in total. The Bertz CT molecular complexity index is 1060. The zero-order valence-electron chi connectivity index (χ0n) is 17.0. The number of pyridine rings is 2. The van der Waals surface area contributed by atoms with Crippen molar-refractivity contribution in [2.24, 2.45) is 0 Å². The summed E-state index contributed by atoms with van der Waals surface area (Å²) in [5, 5.41) is 5.46. The minimum Gasteiger partial charge on any atom is -0.444 e. The lowest BCUT2D eigenvalue weighted by molar-refractivity contribution is 0.0635. The number of ether oxygens (including phenoxy) is 1. The summed E-state index contributed by atoms with van der Waals surface area (Å²) in [5.74, 6) is -0.260. The number of anilines is 3. The number of nitrogen functional groups attached to an aromatic ring is 1. The molecule has 2 aromatic heterocycles. The second-order valence-electron chi connectivity index (χ2n) is 7.55. The van der Waals surface area contributed by atoms with Crippen molar-refractivity contribution in [3.05, 3.63) is 66.6 Å². The van der Waals surface area contributed by atoms with Gasteiger partial charge in [-0.15, -0.1) is 0 Å². The molecular weight excluding hydrogens is 382 g/mol. The maximum atomic E-state index is 12.6. The summed E-state index contributed by atoms with van der Waals surface area (Å²) in [6.45, 7) is 5.38. The molecule has 0 radical (unpaired) electrons. The highest BCUT2D eigenvalue weighted by atomic mass is 16.6. The van der Waals surface area contributed by atoms with Crippen LogP contribution in [0.25, 0.3) is 11.1 Å². The van der Waals surface area contributed by atoms with Gasteiger partial charge in [-0.1, -0.05) is 12.1 Å². The van der Waals surface area contributed by atoms with E-state index in [1.54, 1.807) is 75.8 Å². The number of amides is 2. The standard InChI is InChI=1S/C22H23N5O3/c1-22(2,3)30-21(29)27-17-6-4-5-14(11-17)15-12-18(19(23)25-13-15)20(28)26-16-7-9-24-10-8-16/h4-13H,1-3H3,(H2,23,25)(H,27,29)(H,24,26,28). The number of aromatic nitrogens is 2. The van der Waals surface area contributed by atoms with Gasteiger partial charge in [-0.3, -0.25) is 15.1 Å². The third-order valence-corrected chi connectivity index (χ3v) is 3.94. The molecule has 154 valence electrons. The normalized spacial score (nSPS) is 10.9. The van der Waals surface area contributed by atoms with Crippen molar-refractivity contribution in [2.75, 3.05) is 16.4 Å². The average molecular weight is 405 g/mol. The van der Waals surface area contributed by atoms with Gasteiger partial charge in [0.05, 0.1) is 5.56 Å². The molecule has 2 heterocycles. The van der Waals surface area contributed by atoms with E-state index in [4.69, 9.17) is 10.5 Å². The molecule has 0 aliphatic heterocycles. The molecule has 0 fully saturated rings. The van der Waals surface area contributed by atoms with Crippen LogP contribution in [0.2, 0.25) is 0 Å². The van der Waals surface area contributed by atoms with Crippen LogP contribution in [0.5, 0.6) is 0 Å². The molecule has 8 heteroatoms. The quantitative estimate of drug-likeness (QED) is 0.594. The van der Waals surface area contributed by atoms with Crippen LogP contribution in [0.3, 0.4) is 0 Å². The molecule has 30 heavy (non-hydrogen) atoms. The molecule has 0 spiro atoms. The van der Waals surface area contributed by atoms with Crippen LogP contribution in [-0.2, 0) is 4.74 Å². The lowest BCUT2D eigenvalue weighted by Crippen LogP contribution is -2.27. The summed E-state index contributed by atoms with van der Waals surface area (Å²) in [6.07, 6.45) is 4.19. The summed E-state index contributed by atoms with van der Waals surface area (Å²) in [6, 6.07) is 12.2. The number of carbonyl (C=O) groups is 2. The van der Waals surface area contributed by atoms with Gasteiger partial charge in [-0.2, -0.15) is 0 Å². The number of hydrogen-bond acceptors (Lipinski definition) is 6. The summed E-state index contributed by atoms with van der Waals surface area (Å²) in [4.78, 5) is 32.7. The Hall–Kier alpha value is -3.94. The van der Waals surface area contributed by atoms with E-state index in [-0.39, 0.29) is 17.3 Å². The van der Waals surface area contributed by atoms with E-state index in [1.165, 1.54) is 0 Å². The number of nitrogens with two attached hydrogens (primary N) is 1. The van der Waals surface area contributed by atoms with Gasteiger partial charge >= 0.3 is 6.09 Å². The predicted octanol–water partition coefficient (Wildman–Crippen LogP) is 4.33. The molecule has 0 saturated heterocycles. The monoisotopic (exact) mass is 405 g/mol. The van der Waals surface area contributed by atoms with Crippen LogP contribution in [0.4, 0.5) is 22.0 Å². The van der Waals surface area contributed by atoms with Crippen molar-refractivity contribution in [3.8, 4) is 11.1 Å². The molecule has 8 nitrogen and oxygen atoms in total. The van der Waals surface area contributed by atoms with Gasteiger partial charge < -0.3 is 15.8 Å². The number of hydrogen-bond donors (Lipinski definition) is 3. The van der Waals surface area contributed by atoms with Crippen molar-refractivity contribution in [1.82, 2.24) is 9.97 Å². The first kappa shape index (κ1) is 20.8. The topological polar surface area (TPSA) is 119 Å². The van der Waals surface area contributed by atoms with Gasteiger partial charge in [-0.05, 0) is 56.7 Å². The van der Waals surface area contributed by atoms with Crippen molar-refractivity contribution < 1.29 is 14.3 Å². The van der Waals surface area contributed by atoms with E-state index in [0.29, 0.717) is 16.9 Å². The van der Waals surface area contributed by atoms with E-state index in [1.807, 2.05) is 6.07 Å². The van der Waals surface area contributed by atoms with Gasteiger partial charge in [0.2, 0.25) is 0 Å². The Labute approximate surface area is 174 Å². The third-order valence-electron chi connectivity index (χ3n) is 3.94. The Morgan fingerprint density at radius 2 is 1.70 bits per heavy atom. The van der Waals surface area contributed by atoms with Crippen LogP contribution in [0, 0.1) is 0 Å². The maximum absolute atomic E-state index is 12.6. The van der Waals surface area contributed by atoms with Crippen molar-refractivity contribution in [1.29, 1.82) is 0 Å². The largest absolute Gasteiger partial charge is 0.444 e. The lowest BCUT2D eigenvalue weighted by atomic mass is 10.0. The van der Waals surface area contributed by atoms with Gasteiger partial charge in [-0.25, -0.2) is 9.78 Å². The molecule has 0 bridgehead atoms. The Morgan fingerprint density at radius 1 is 0.967 bits per heavy atom. The smallest absolute Gasteiger partial charge is 0.412 e. The molecule has 0 aliphatic rings. The third kappa shape index (κ3) is 5.54. The van der Waals surface area contributed by atoms with Crippen LogP contribution in [-0.4, -0.2) is 27.6 Å². The Morgan fingerprint density at radius 3 is 2.40 bits per heavy atom. The zero-order chi connectivity index (χ0) is 21.7. The van der Waals surface area contributed by atoms with E-state index in [9.17, 15) is 9.59 Å². The average Bonchev–Trinajstić information content (AvgIpc) is 2.67. The number of nitrogens with zero attached hydrogens (tertiary/aromatic N) is 2. The molecule has 3 aromatic rings. The predicted molar refractivity (Wildman–Crippen MR) is 116 cm³/mol. The fraction of sp³-hybridized carbons (Fsp3) is 0.182. The SMILES string of the molecule is CC(C)(C)OC(=O)Nc1cccc(-c2cnc(N)c(C(=O)Nc3ccncc3)c2)c1. The lowest BCUT2D eigenvalue weighted by Gasteiger charge is -2.19. The van der Waals surface area contributed by atoms with Crippen LogP contribution >= 0.6 is 0 Å². The summed E-state index contributed by atoms with van der Waals surface area (Å²) >= 11 is 0. The fourth-order valence-corrected chi connectivity index (χ4v) is 2.65. The number of nitrogens with one attached hydrogen (secondary N) is 2. The highest BCUT2D eigenvalue weighted by molar-refractivity contribution is 6.07. The minimum atomic E-state index is -0.598. The fourth-order valence-electron chi connectivity index (χ4n) is 2.65. The van der Waals surface area contributed by atoms with Crippen LogP contribution in [0.1, 0.15) is 31.1 Å². The van der Waals surface area contributed by atoms with Crippen molar-refractivity contribution >= 4 is 29.2 Å². The molecule has 3 rings (SSSR count). The summed E-state index contributed by atoms with van der Waals surface area (Å²) < 4.78 is 5.27. The van der Waals surface area contributed by atoms with Gasteiger partial charge in [0.15, 0.2) is 0 Å². The Kier molecular flexibility index (Phi) is 5.96. The second-order valence-corrected chi connectivity index (χ2v) is 7.55. The molecule has 2 amide bonds. The minimum absolute atomic E-state index is 0.119. The van der Waals surface area contributed by atoms with Gasteiger partial charge in [0, 0.05) is 35.5 Å². The summed E-state index contributed by atoms with van der Waals surface area (Å²) in [5.41, 5.74) is 8.16. The van der Waals surface area contributed by atoms with Gasteiger partial charge in [0.1, 0.15) is 11.4 Å². The van der Waals surface area contributed by atoms with E-state index >= 15 is 0 Å². The number of benzene rings is 1. The first-order chi connectivity index (χ1) is 14.2. The molecule has 0 unspecified atom stereocenters. The molecular formula is C22H23N5O3. The van der Waals surface area contributed by atoms with Crippen molar-refractivity contribution in [2.45, 2.75) is 26.4 Å². The highest BCUT2D eigenvalue weighted by Gasteiger charge is 2.17. The number of rotatable bonds is 4. The second kappa shape index (κ2) is 8.60. The molecule has 0 aliphatic carbocycles. The molecule has 0 atom stereocenters. The zero-order valence-corrected chi connectivity index (χ0v) is 17.0. The molecule has 1 aromatic carbocycles. The number of carbonyl (C=O) groups excluding carboxylic acids is 2. The first-order valence-corrected chi connectivity index (χ1v) is 9.28. The van der Waals surface area contributed by atoms with Gasteiger partial charge in [0.25, 0.3) is 5.91 Å². The van der Waals surface area contributed by atoms with Crippen molar-refractivity contribution in [3.63, 3.8) is 0 Å². The van der Waals surface area contributed by atoms with E-state index in [2.05, 4.69) is 20.6 Å². The van der Waals surface area contributed by atoms with Crippen LogP contribution < -0.4 is 16.4 Å². The van der Waals surface area contributed by atoms with E-state index in [0.717, 1.165) is 5.56 Å². The first-order valence-electron chi connectivity index (χ1n) is 9.28. The maximum Gasteiger partial charge on any atom is 0.412 e. The van der Waals surface area contributed by atoms with E-state index < -0.39 is 11.7 Å². The highest BCUT2D eigenvalue weighted by Crippen LogP contribution is 2.25. The summed E-state index contributed by atoms with van der Waals surface area (Å²) in [7, 11) is 0. The molecule has 0 saturated carbocycles.